The molecule has 8 nitrogen and oxygen atoms in total. The van der Waals surface area contributed by atoms with Crippen LogP contribution in [0.4, 0.5) is 17.5 Å². The van der Waals surface area contributed by atoms with Crippen LogP contribution < -0.4 is 20.5 Å². The van der Waals surface area contributed by atoms with Crippen LogP contribution in [0.1, 0.15) is 39.5 Å². The first-order chi connectivity index (χ1) is 15.9. The van der Waals surface area contributed by atoms with Crippen LogP contribution in [0.3, 0.4) is 0 Å². The van der Waals surface area contributed by atoms with Crippen molar-refractivity contribution in [2.45, 2.75) is 45.6 Å². The van der Waals surface area contributed by atoms with E-state index in [1.165, 1.54) is 11.0 Å². The normalized spacial score (nSPS) is 14.8. The molecule has 174 valence electrons. The van der Waals surface area contributed by atoms with Gasteiger partial charge in [0.1, 0.15) is 5.02 Å². The molecule has 1 aliphatic heterocycles. The Kier molecular flexibility index (Phi) is 6.83. The predicted octanol–water partition coefficient (Wildman–Crippen LogP) is 4.46. The monoisotopic (exact) mass is 469 g/mol. The molecule has 0 spiro atoms. The van der Waals surface area contributed by atoms with Gasteiger partial charge in [-0.25, -0.2) is 4.98 Å². The summed E-state index contributed by atoms with van der Waals surface area (Å²) in [4.78, 5) is 35.9. The van der Waals surface area contributed by atoms with Gasteiger partial charge in [-0.2, -0.15) is 4.98 Å². The van der Waals surface area contributed by atoms with Gasteiger partial charge in [0.15, 0.2) is 23.5 Å². The standard InChI is InChI=1S/C24H28ClN5O3/c1-4-20(31)15(2)33-21-13-16-12-17(8-9-19(16)29(3)23(21)32)27-22-18(25)14-26-24(28-22)30-10-6-5-7-11-30/h8-9,12-15H,4-7,10-11H2,1-3H3,(H,26,27,28)/t15-/m0/s1. The van der Waals surface area contributed by atoms with E-state index in [-0.39, 0.29) is 17.1 Å². The Balaban J connectivity index is 1.64. The summed E-state index contributed by atoms with van der Waals surface area (Å²) in [5.41, 5.74) is 1.22. The molecular weight excluding hydrogens is 442 g/mol. The van der Waals surface area contributed by atoms with Gasteiger partial charge in [-0.15, -0.1) is 0 Å². The number of hydrogen-bond donors (Lipinski definition) is 1. The quantitative estimate of drug-likeness (QED) is 0.546. The Morgan fingerprint density at radius 2 is 2.00 bits per heavy atom. The molecule has 1 fully saturated rings. The lowest BCUT2D eigenvalue weighted by Gasteiger charge is -2.26. The number of ketones is 1. The summed E-state index contributed by atoms with van der Waals surface area (Å²) in [6.07, 6.45) is 4.77. The van der Waals surface area contributed by atoms with Crippen molar-refractivity contribution in [3.63, 3.8) is 0 Å². The van der Waals surface area contributed by atoms with Crippen molar-refractivity contribution < 1.29 is 9.53 Å². The maximum atomic E-state index is 12.7. The van der Waals surface area contributed by atoms with Crippen LogP contribution in [0.5, 0.6) is 5.75 Å². The topological polar surface area (TPSA) is 89.3 Å². The lowest BCUT2D eigenvalue weighted by molar-refractivity contribution is -0.124. The number of carbonyl (C=O) groups is 1. The number of aromatic nitrogens is 3. The number of fused-ring (bicyclic) bond motifs is 1. The average Bonchev–Trinajstić information content (AvgIpc) is 2.83. The number of nitrogens with zero attached hydrogens (tertiary/aromatic N) is 4. The Bertz CT molecular complexity index is 1240. The van der Waals surface area contributed by atoms with E-state index in [0.717, 1.165) is 42.5 Å². The molecule has 3 aromatic rings. The molecule has 1 aromatic carbocycles. The Labute approximate surface area is 197 Å². The van der Waals surface area contributed by atoms with E-state index in [0.29, 0.717) is 23.2 Å². The number of ether oxygens (including phenoxy) is 1. The van der Waals surface area contributed by atoms with Crippen molar-refractivity contribution in [2.24, 2.45) is 7.05 Å². The van der Waals surface area contributed by atoms with Gasteiger partial charge in [0.2, 0.25) is 5.95 Å². The number of carbonyl (C=O) groups excluding carboxylic acids is 1. The van der Waals surface area contributed by atoms with Crippen molar-refractivity contribution in [2.75, 3.05) is 23.3 Å². The highest BCUT2D eigenvalue weighted by Gasteiger charge is 2.18. The molecule has 9 heteroatoms. The van der Waals surface area contributed by atoms with Crippen molar-refractivity contribution in [1.82, 2.24) is 14.5 Å². The zero-order chi connectivity index (χ0) is 23.5. The van der Waals surface area contributed by atoms with Gasteiger partial charge in [-0.05, 0) is 50.5 Å². The lowest BCUT2D eigenvalue weighted by Crippen LogP contribution is -2.31. The summed E-state index contributed by atoms with van der Waals surface area (Å²) in [6, 6.07) is 7.28. The van der Waals surface area contributed by atoms with E-state index in [4.69, 9.17) is 16.3 Å². The molecule has 0 aliphatic carbocycles. The van der Waals surface area contributed by atoms with Gasteiger partial charge in [0, 0.05) is 37.6 Å². The molecule has 0 unspecified atom stereocenters. The summed E-state index contributed by atoms with van der Waals surface area (Å²) >= 11 is 6.37. The van der Waals surface area contributed by atoms with Crippen molar-refractivity contribution in [1.29, 1.82) is 0 Å². The molecule has 3 heterocycles. The second-order valence-corrected chi connectivity index (χ2v) is 8.67. The number of piperidine rings is 1. The molecule has 1 aliphatic rings. The smallest absolute Gasteiger partial charge is 0.293 e. The number of aryl methyl sites for hydroxylation is 1. The van der Waals surface area contributed by atoms with Gasteiger partial charge in [-0.3, -0.25) is 9.59 Å². The maximum absolute atomic E-state index is 12.7. The molecule has 4 rings (SSSR count). The molecule has 0 bridgehead atoms. The van der Waals surface area contributed by atoms with Crippen LogP contribution in [0, 0.1) is 0 Å². The van der Waals surface area contributed by atoms with E-state index in [1.54, 1.807) is 33.2 Å². The van der Waals surface area contributed by atoms with Crippen molar-refractivity contribution in [3.05, 3.63) is 45.8 Å². The predicted molar refractivity (Wildman–Crippen MR) is 131 cm³/mol. The minimum atomic E-state index is -0.686. The highest BCUT2D eigenvalue weighted by Crippen LogP contribution is 2.28. The lowest BCUT2D eigenvalue weighted by atomic mass is 10.1. The number of rotatable bonds is 7. The molecule has 0 radical (unpaired) electrons. The molecule has 2 aromatic heterocycles. The first-order valence-corrected chi connectivity index (χ1v) is 11.6. The van der Waals surface area contributed by atoms with E-state index < -0.39 is 6.10 Å². The van der Waals surface area contributed by atoms with E-state index in [1.807, 2.05) is 18.2 Å². The van der Waals surface area contributed by atoms with Crippen LogP contribution in [-0.2, 0) is 11.8 Å². The first-order valence-electron chi connectivity index (χ1n) is 11.2. The molecule has 0 amide bonds. The van der Waals surface area contributed by atoms with E-state index in [2.05, 4.69) is 20.2 Å². The second-order valence-electron chi connectivity index (χ2n) is 8.27. The molecule has 1 saturated heterocycles. The van der Waals surface area contributed by atoms with Gasteiger partial charge >= 0.3 is 0 Å². The van der Waals surface area contributed by atoms with Crippen LogP contribution >= 0.6 is 11.6 Å². The molecule has 1 N–H and O–H groups in total. The molecule has 0 saturated carbocycles. The summed E-state index contributed by atoms with van der Waals surface area (Å²) < 4.78 is 7.21. The van der Waals surface area contributed by atoms with Gasteiger partial charge in [-0.1, -0.05) is 18.5 Å². The van der Waals surface area contributed by atoms with Crippen LogP contribution in [0.15, 0.2) is 35.3 Å². The highest BCUT2D eigenvalue weighted by molar-refractivity contribution is 6.32. The van der Waals surface area contributed by atoms with Crippen LogP contribution in [0.25, 0.3) is 10.9 Å². The fourth-order valence-corrected chi connectivity index (χ4v) is 4.13. The first kappa shape index (κ1) is 23.0. The zero-order valence-corrected chi connectivity index (χ0v) is 19.9. The number of hydrogen-bond acceptors (Lipinski definition) is 7. The Morgan fingerprint density at radius 3 is 2.73 bits per heavy atom. The third kappa shape index (κ3) is 4.95. The van der Waals surface area contributed by atoms with Gasteiger partial charge in [0.05, 0.1) is 11.7 Å². The SMILES string of the molecule is CCC(=O)[C@H](C)Oc1cc2cc(Nc3nc(N4CCCCC4)ncc3Cl)ccc2n(C)c1=O. The number of nitrogens with one attached hydrogen (secondary N) is 1. The summed E-state index contributed by atoms with van der Waals surface area (Å²) in [7, 11) is 1.68. The van der Waals surface area contributed by atoms with E-state index >= 15 is 0 Å². The summed E-state index contributed by atoms with van der Waals surface area (Å²) in [6.45, 7) is 5.30. The number of pyridine rings is 1. The van der Waals surface area contributed by atoms with E-state index in [9.17, 15) is 9.59 Å². The van der Waals surface area contributed by atoms with Crippen molar-refractivity contribution >= 4 is 45.7 Å². The minimum absolute atomic E-state index is 0.0597. The zero-order valence-electron chi connectivity index (χ0n) is 19.1. The number of benzene rings is 1. The molecular formula is C24H28ClN5O3. The number of anilines is 3. The van der Waals surface area contributed by atoms with Crippen LogP contribution in [-0.4, -0.2) is 39.5 Å². The van der Waals surface area contributed by atoms with Gasteiger partial charge in [0.25, 0.3) is 5.56 Å². The third-order valence-corrected chi connectivity index (χ3v) is 6.21. The highest BCUT2D eigenvalue weighted by atomic mass is 35.5. The largest absolute Gasteiger partial charge is 0.477 e. The third-order valence-electron chi connectivity index (χ3n) is 5.93. The summed E-state index contributed by atoms with van der Waals surface area (Å²) in [5, 5.41) is 4.48. The average molecular weight is 470 g/mol. The Hall–Kier alpha value is -3.13. The molecule has 33 heavy (non-hydrogen) atoms. The van der Waals surface area contributed by atoms with Crippen molar-refractivity contribution in [3.8, 4) is 5.75 Å². The maximum Gasteiger partial charge on any atom is 0.293 e. The molecule has 1 atom stereocenters. The van der Waals surface area contributed by atoms with Crippen LogP contribution in [0.2, 0.25) is 5.02 Å². The fourth-order valence-electron chi connectivity index (χ4n) is 3.99. The summed E-state index contributed by atoms with van der Waals surface area (Å²) in [5.74, 6) is 1.27. The number of Topliss-reactive ketones (excluding diaryl/α,β-unsaturated/α-hetero) is 1. The minimum Gasteiger partial charge on any atom is -0.477 e. The fraction of sp³-hybridized carbons (Fsp3) is 0.417. The number of halogens is 1. The van der Waals surface area contributed by atoms with Gasteiger partial charge < -0.3 is 19.5 Å². The Morgan fingerprint density at radius 1 is 1.24 bits per heavy atom. The second kappa shape index (κ2) is 9.79.